The van der Waals surface area contributed by atoms with E-state index in [1.54, 1.807) is 10.4 Å². The van der Waals surface area contributed by atoms with Crippen LogP contribution in [0.5, 0.6) is 0 Å². The Hall–Kier alpha value is -1.86. The number of hydrogen-bond donors (Lipinski definition) is 0. The zero-order valence-corrected chi connectivity index (χ0v) is 13.6. The SMILES string of the molecule is C[Si](C)(C1=CCc2ccccc21)C1=C2C=CC=CC2C=C1. The van der Waals surface area contributed by atoms with Gasteiger partial charge >= 0.3 is 0 Å². The number of allylic oxidation sites excluding steroid dienone is 9. The average molecular weight is 288 g/mol. The molecular weight excluding hydrogens is 268 g/mol. The molecule has 3 aliphatic carbocycles. The third kappa shape index (κ3) is 1.88. The van der Waals surface area contributed by atoms with Crippen LogP contribution >= 0.6 is 0 Å². The topological polar surface area (TPSA) is 0 Å². The Morgan fingerprint density at radius 3 is 2.76 bits per heavy atom. The molecule has 0 amide bonds. The molecule has 1 heteroatoms. The van der Waals surface area contributed by atoms with Gasteiger partial charge in [-0.15, -0.1) is 0 Å². The van der Waals surface area contributed by atoms with Gasteiger partial charge in [-0.1, -0.05) is 90.3 Å². The van der Waals surface area contributed by atoms with Crippen LogP contribution in [0, 0.1) is 5.92 Å². The van der Waals surface area contributed by atoms with Crippen molar-refractivity contribution < 1.29 is 0 Å². The number of fused-ring (bicyclic) bond motifs is 2. The second-order valence-electron chi connectivity index (χ2n) is 6.60. The van der Waals surface area contributed by atoms with Crippen LogP contribution in [0.1, 0.15) is 11.1 Å². The van der Waals surface area contributed by atoms with Crippen LogP contribution in [-0.2, 0) is 6.42 Å². The zero-order valence-electron chi connectivity index (χ0n) is 12.6. The van der Waals surface area contributed by atoms with E-state index in [4.69, 9.17) is 0 Å². The minimum absolute atomic E-state index is 0.508. The van der Waals surface area contributed by atoms with Crippen LogP contribution in [0.2, 0.25) is 13.1 Å². The Kier molecular flexibility index (Phi) is 2.80. The lowest BCUT2D eigenvalue weighted by molar-refractivity contribution is 1.02. The Labute approximate surface area is 127 Å². The minimum atomic E-state index is -1.63. The summed E-state index contributed by atoms with van der Waals surface area (Å²) in [6.45, 7) is 5.00. The minimum Gasteiger partial charge on any atom is -0.0798 e. The van der Waals surface area contributed by atoms with Gasteiger partial charge < -0.3 is 0 Å². The van der Waals surface area contributed by atoms with Gasteiger partial charge in [0.25, 0.3) is 0 Å². The summed E-state index contributed by atoms with van der Waals surface area (Å²) >= 11 is 0. The molecule has 0 nitrogen and oxygen atoms in total. The van der Waals surface area contributed by atoms with Gasteiger partial charge in [-0.3, -0.25) is 0 Å². The van der Waals surface area contributed by atoms with E-state index >= 15 is 0 Å². The van der Waals surface area contributed by atoms with Gasteiger partial charge in [-0.25, -0.2) is 0 Å². The highest BCUT2D eigenvalue weighted by molar-refractivity contribution is 7.01. The first-order chi connectivity index (χ1) is 10.2. The first-order valence-electron chi connectivity index (χ1n) is 7.74. The third-order valence-corrected chi connectivity index (χ3v) is 8.65. The summed E-state index contributed by atoms with van der Waals surface area (Å²) in [6, 6.07) is 8.92. The summed E-state index contributed by atoms with van der Waals surface area (Å²) in [5.74, 6) is 0.508. The summed E-state index contributed by atoms with van der Waals surface area (Å²) in [5.41, 5.74) is 4.52. The third-order valence-electron chi connectivity index (χ3n) is 5.03. The summed E-state index contributed by atoms with van der Waals surface area (Å²) in [6.07, 6.45) is 17.3. The van der Waals surface area contributed by atoms with E-state index < -0.39 is 8.07 Å². The standard InChI is InChI=1S/C20H20Si/c1-21(2,19-13-11-15-7-3-5-9-17(15)19)20-14-12-16-8-4-6-10-18(16)20/h3-11,13-15H,12H2,1-2H3. The average Bonchev–Trinajstić information content (AvgIpc) is 3.12. The predicted octanol–water partition coefficient (Wildman–Crippen LogP) is 5.02. The second-order valence-corrected chi connectivity index (χ2v) is 10.9. The van der Waals surface area contributed by atoms with Crippen molar-refractivity contribution in [3.8, 4) is 0 Å². The number of hydrogen-bond acceptors (Lipinski definition) is 0. The van der Waals surface area contributed by atoms with Gasteiger partial charge in [0.05, 0.1) is 0 Å². The van der Waals surface area contributed by atoms with E-state index in [0.29, 0.717) is 5.92 Å². The van der Waals surface area contributed by atoms with Crippen LogP contribution in [0.15, 0.2) is 77.6 Å². The first-order valence-corrected chi connectivity index (χ1v) is 10.7. The van der Waals surface area contributed by atoms with Crippen molar-refractivity contribution in [3.63, 3.8) is 0 Å². The highest BCUT2D eigenvalue weighted by atomic mass is 28.3. The molecule has 4 rings (SSSR count). The Morgan fingerprint density at radius 2 is 1.86 bits per heavy atom. The lowest BCUT2D eigenvalue weighted by Crippen LogP contribution is -2.31. The molecule has 0 radical (unpaired) electrons. The maximum atomic E-state index is 2.50. The van der Waals surface area contributed by atoms with E-state index in [9.17, 15) is 0 Å². The fourth-order valence-electron chi connectivity index (χ4n) is 3.88. The van der Waals surface area contributed by atoms with Crippen LogP contribution in [0.25, 0.3) is 5.20 Å². The van der Waals surface area contributed by atoms with Crippen molar-refractivity contribution in [2.75, 3.05) is 0 Å². The molecule has 1 aromatic carbocycles. The maximum Gasteiger partial charge on any atom is 0.112 e. The van der Waals surface area contributed by atoms with E-state index in [0.717, 1.165) is 6.42 Å². The quantitative estimate of drug-likeness (QED) is 0.670. The molecule has 0 saturated heterocycles. The van der Waals surface area contributed by atoms with Gasteiger partial charge in [-0.2, -0.15) is 0 Å². The van der Waals surface area contributed by atoms with E-state index in [2.05, 4.69) is 79.9 Å². The maximum absolute atomic E-state index is 2.50. The molecule has 1 aromatic rings. The molecule has 0 aromatic heterocycles. The normalized spacial score (nSPS) is 22.6. The summed E-state index contributed by atoms with van der Waals surface area (Å²) in [4.78, 5) is 0. The molecule has 1 unspecified atom stereocenters. The van der Waals surface area contributed by atoms with Crippen LogP contribution in [0.4, 0.5) is 0 Å². The fourth-order valence-corrected chi connectivity index (χ4v) is 7.18. The highest BCUT2D eigenvalue weighted by Gasteiger charge is 2.37. The van der Waals surface area contributed by atoms with Crippen LogP contribution in [0.3, 0.4) is 0 Å². The monoisotopic (exact) mass is 288 g/mol. The smallest absolute Gasteiger partial charge is 0.0798 e. The Bertz CT molecular complexity index is 754. The second kappa shape index (κ2) is 4.57. The molecule has 1 atom stereocenters. The van der Waals surface area contributed by atoms with Gasteiger partial charge in [0.15, 0.2) is 0 Å². The van der Waals surface area contributed by atoms with Crippen molar-refractivity contribution in [2.45, 2.75) is 19.5 Å². The largest absolute Gasteiger partial charge is 0.112 e. The molecule has 21 heavy (non-hydrogen) atoms. The molecule has 0 aliphatic heterocycles. The Morgan fingerprint density at radius 1 is 1.00 bits per heavy atom. The summed E-state index contributed by atoms with van der Waals surface area (Å²) in [7, 11) is -1.63. The molecule has 3 aliphatic rings. The number of benzene rings is 1. The zero-order chi connectivity index (χ0) is 14.4. The van der Waals surface area contributed by atoms with Crippen molar-refractivity contribution >= 4 is 13.3 Å². The van der Waals surface area contributed by atoms with Crippen LogP contribution < -0.4 is 0 Å². The predicted molar refractivity (Wildman–Crippen MR) is 93.5 cm³/mol. The molecule has 0 heterocycles. The van der Waals surface area contributed by atoms with Crippen LogP contribution in [-0.4, -0.2) is 8.07 Å². The van der Waals surface area contributed by atoms with E-state index in [1.165, 1.54) is 16.7 Å². The molecule has 0 fully saturated rings. The molecule has 0 saturated carbocycles. The van der Waals surface area contributed by atoms with Crippen molar-refractivity contribution in [3.05, 3.63) is 88.7 Å². The summed E-state index contributed by atoms with van der Waals surface area (Å²) in [5, 5.41) is 3.23. The van der Waals surface area contributed by atoms with Crippen molar-refractivity contribution in [1.29, 1.82) is 0 Å². The van der Waals surface area contributed by atoms with Gasteiger partial charge in [0.2, 0.25) is 0 Å². The fraction of sp³-hybridized carbons (Fsp3) is 0.200. The van der Waals surface area contributed by atoms with Crippen molar-refractivity contribution in [1.82, 2.24) is 0 Å². The van der Waals surface area contributed by atoms with Gasteiger partial charge in [-0.05, 0) is 23.1 Å². The first kappa shape index (κ1) is 12.8. The lowest BCUT2D eigenvalue weighted by atomic mass is 9.98. The lowest BCUT2D eigenvalue weighted by Gasteiger charge is -2.28. The van der Waals surface area contributed by atoms with Gasteiger partial charge in [0, 0.05) is 5.92 Å². The van der Waals surface area contributed by atoms with Crippen molar-refractivity contribution in [2.24, 2.45) is 5.92 Å². The molecule has 0 N–H and O–H groups in total. The summed E-state index contributed by atoms with van der Waals surface area (Å²) < 4.78 is 0. The number of rotatable bonds is 2. The highest BCUT2D eigenvalue weighted by Crippen LogP contribution is 2.43. The van der Waals surface area contributed by atoms with E-state index in [-0.39, 0.29) is 0 Å². The molecule has 104 valence electrons. The molecule has 0 bridgehead atoms. The molecular formula is C20H20Si. The molecule has 0 spiro atoms. The van der Waals surface area contributed by atoms with Gasteiger partial charge in [0.1, 0.15) is 8.07 Å². The Balaban J connectivity index is 1.81. The van der Waals surface area contributed by atoms with E-state index in [1.807, 2.05) is 0 Å².